The molecule has 4 nitrogen and oxygen atoms in total. The highest BCUT2D eigenvalue weighted by Gasteiger charge is 2.27. The van der Waals surface area contributed by atoms with Crippen LogP contribution in [0, 0.1) is 5.82 Å². The summed E-state index contributed by atoms with van der Waals surface area (Å²) in [4.78, 5) is 12.3. The normalized spacial score (nSPS) is 14.3. The molecule has 1 aliphatic rings. The standard InChI is InChI=1S/C14H13BrFN3O/c15-11-5-8(16)1-4-12(11)18-14(20)13-6-9(17)7-19(13)10-2-3-10/h1,4-7,10H,2-3,17H2,(H,18,20). The molecule has 0 radical (unpaired) electrons. The number of nitrogens with zero attached hydrogens (tertiary/aromatic N) is 1. The Labute approximate surface area is 123 Å². The van der Waals surface area contributed by atoms with E-state index in [0.717, 1.165) is 12.8 Å². The molecule has 104 valence electrons. The average molecular weight is 338 g/mol. The van der Waals surface area contributed by atoms with E-state index in [0.29, 0.717) is 27.6 Å². The molecule has 6 heteroatoms. The van der Waals surface area contributed by atoms with Crippen molar-refractivity contribution >= 4 is 33.2 Å². The van der Waals surface area contributed by atoms with Gasteiger partial charge in [-0.15, -0.1) is 0 Å². The van der Waals surface area contributed by atoms with Gasteiger partial charge in [-0.2, -0.15) is 0 Å². The zero-order valence-electron chi connectivity index (χ0n) is 10.6. The van der Waals surface area contributed by atoms with Crippen molar-refractivity contribution in [1.29, 1.82) is 0 Å². The monoisotopic (exact) mass is 337 g/mol. The summed E-state index contributed by atoms with van der Waals surface area (Å²) in [5.41, 5.74) is 7.39. The molecule has 1 aromatic heterocycles. The molecule has 1 fully saturated rings. The maximum absolute atomic E-state index is 13.0. The van der Waals surface area contributed by atoms with E-state index in [1.54, 1.807) is 12.3 Å². The van der Waals surface area contributed by atoms with Crippen LogP contribution in [0.25, 0.3) is 0 Å². The van der Waals surface area contributed by atoms with Crippen molar-refractivity contribution < 1.29 is 9.18 Å². The zero-order valence-corrected chi connectivity index (χ0v) is 12.2. The molecule has 1 saturated carbocycles. The van der Waals surface area contributed by atoms with Crippen molar-refractivity contribution in [2.75, 3.05) is 11.1 Å². The summed E-state index contributed by atoms with van der Waals surface area (Å²) in [5.74, 6) is -0.610. The zero-order chi connectivity index (χ0) is 14.3. The Morgan fingerprint density at radius 3 is 2.80 bits per heavy atom. The van der Waals surface area contributed by atoms with Crippen LogP contribution < -0.4 is 11.1 Å². The van der Waals surface area contributed by atoms with Crippen LogP contribution in [0.1, 0.15) is 29.4 Å². The lowest BCUT2D eigenvalue weighted by atomic mass is 10.3. The second-order valence-electron chi connectivity index (χ2n) is 4.88. The quantitative estimate of drug-likeness (QED) is 0.899. The van der Waals surface area contributed by atoms with Gasteiger partial charge in [0.15, 0.2) is 0 Å². The van der Waals surface area contributed by atoms with E-state index in [2.05, 4.69) is 21.2 Å². The Balaban J connectivity index is 1.86. The van der Waals surface area contributed by atoms with Crippen LogP contribution >= 0.6 is 15.9 Å². The first-order chi connectivity index (χ1) is 9.54. The highest BCUT2D eigenvalue weighted by atomic mass is 79.9. The van der Waals surface area contributed by atoms with Gasteiger partial charge in [-0.05, 0) is 53.0 Å². The molecule has 1 aliphatic carbocycles. The average Bonchev–Trinajstić information content (AvgIpc) is 3.16. The van der Waals surface area contributed by atoms with Gasteiger partial charge >= 0.3 is 0 Å². The molecule has 0 bridgehead atoms. The van der Waals surface area contributed by atoms with Gasteiger partial charge in [0.25, 0.3) is 5.91 Å². The van der Waals surface area contributed by atoms with Crippen LogP contribution in [0.5, 0.6) is 0 Å². The third-order valence-corrected chi connectivity index (χ3v) is 3.88. The highest BCUT2D eigenvalue weighted by Crippen LogP contribution is 2.37. The number of anilines is 2. The number of nitrogens with one attached hydrogen (secondary N) is 1. The van der Waals surface area contributed by atoms with Gasteiger partial charge in [0.1, 0.15) is 11.5 Å². The molecule has 0 unspecified atom stereocenters. The first-order valence-corrected chi connectivity index (χ1v) is 7.07. The largest absolute Gasteiger partial charge is 0.397 e. The fourth-order valence-corrected chi connectivity index (χ4v) is 2.56. The summed E-state index contributed by atoms with van der Waals surface area (Å²) in [6.45, 7) is 0. The predicted octanol–water partition coefficient (Wildman–Crippen LogP) is 3.56. The SMILES string of the molecule is Nc1cc(C(=O)Nc2ccc(F)cc2Br)n(C2CC2)c1. The summed E-state index contributed by atoms with van der Waals surface area (Å²) in [7, 11) is 0. The van der Waals surface area contributed by atoms with Crippen molar-refractivity contribution in [2.45, 2.75) is 18.9 Å². The number of nitrogens with two attached hydrogens (primary N) is 1. The van der Waals surface area contributed by atoms with Crippen LogP contribution in [0.15, 0.2) is 34.9 Å². The van der Waals surface area contributed by atoms with Gasteiger partial charge in [-0.1, -0.05) is 0 Å². The lowest BCUT2D eigenvalue weighted by molar-refractivity contribution is 0.101. The van der Waals surface area contributed by atoms with E-state index in [-0.39, 0.29) is 11.7 Å². The maximum atomic E-state index is 13.0. The number of rotatable bonds is 3. The number of hydrogen-bond donors (Lipinski definition) is 2. The van der Waals surface area contributed by atoms with Crippen molar-refractivity contribution in [3.05, 3.63) is 46.4 Å². The molecular formula is C14H13BrFN3O. The van der Waals surface area contributed by atoms with E-state index < -0.39 is 0 Å². The van der Waals surface area contributed by atoms with Crippen LogP contribution in [0.2, 0.25) is 0 Å². The molecule has 3 rings (SSSR count). The van der Waals surface area contributed by atoms with Crippen LogP contribution in [0.3, 0.4) is 0 Å². The second-order valence-corrected chi connectivity index (χ2v) is 5.73. The highest BCUT2D eigenvalue weighted by molar-refractivity contribution is 9.10. The number of benzene rings is 1. The number of carbonyl (C=O) groups is 1. The molecule has 0 spiro atoms. The van der Waals surface area contributed by atoms with Gasteiger partial charge < -0.3 is 15.6 Å². The van der Waals surface area contributed by atoms with E-state index in [1.807, 2.05) is 4.57 Å². The number of hydrogen-bond acceptors (Lipinski definition) is 2. The van der Waals surface area contributed by atoms with Crippen molar-refractivity contribution in [1.82, 2.24) is 4.57 Å². The molecule has 1 heterocycles. The number of halogens is 2. The Hall–Kier alpha value is -1.82. The molecule has 1 aromatic carbocycles. The molecule has 0 saturated heterocycles. The van der Waals surface area contributed by atoms with Gasteiger partial charge in [-0.3, -0.25) is 4.79 Å². The number of aromatic nitrogens is 1. The van der Waals surface area contributed by atoms with Gasteiger partial charge in [0.2, 0.25) is 0 Å². The van der Waals surface area contributed by atoms with Crippen LogP contribution in [-0.2, 0) is 0 Å². The Bertz CT molecular complexity index is 679. The molecule has 2 aromatic rings. The summed E-state index contributed by atoms with van der Waals surface area (Å²) >= 11 is 3.23. The van der Waals surface area contributed by atoms with E-state index in [1.165, 1.54) is 18.2 Å². The smallest absolute Gasteiger partial charge is 0.272 e. The lowest BCUT2D eigenvalue weighted by Gasteiger charge is -2.10. The van der Waals surface area contributed by atoms with Crippen molar-refractivity contribution in [3.63, 3.8) is 0 Å². The number of nitrogen functional groups attached to an aromatic ring is 1. The Morgan fingerprint density at radius 1 is 1.40 bits per heavy atom. The maximum Gasteiger partial charge on any atom is 0.272 e. The summed E-state index contributed by atoms with van der Waals surface area (Å²) in [6, 6.07) is 6.15. The van der Waals surface area contributed by atoms with E-state index in [4.69, 9.17) is 5.73 Å². The van der Waals surface area contributed by atoms with Gasteiger partial charge in [-0.25, -0.2) is 4.39 Å². The molecule has 0 atom stereocenters. The first kappa shape index (κ1) is 13.2. The fraction of sp³-hybridized carbons (Fsp3) is 0.214. The Kier molecular flexibility index (Phi) is 3.25. The minimum atomic E-state index is -0.361. The Morgan fingerprint density at radius 2 is 2.15 bits per heavy atom. The van der Waals surface area contributed by atoms with Crippen LogP contribution in [0.4, 0.5) is 15.8 Å². The predicted molar refractivity (Wildman–Crippen MR) is 79.2 cm³/mol. The molecule has 3 N–H and O–H groups in total. The van der Waals surface area contributed by atoms with E-state index in [9.17, 15) is 9.18 Å². The van der Waals surface area contributed by atoms with Crippen molar-refractivity contribution in [2.24, 2.45) is 0 Å². The number of carbonyl (C=O) groups excluding carboxylic acids is 1. The topological polar surface area (TPSA) is 60.1 Å². The van der Waals surface area contributed by atoms with E-state index >= 15 is 0 Å². The summed E-state index contributed by atoms with van der Waals surface area (Å²) in [5, 5.41) is 2.76. The minimum absolute atomic E-state index is 0.249. The fourth-order valence-electron chi connectivity index (χ4n) is 2.11. The third-order valence-electron chi connectivity index (χ3n) is 3.22. The third kappa shape index (κ3) is 2.56. The molecule has 1 amide bonds. The molecular weight excluding hydrogens is 325 g/mol. The van der Waals surface area contributed by atoms with Gasteiger partial charge in [0.05, 0.1) is 11.4 Å². The van der Waals surface area contributed by atoms with Crippen molar-refractivity contribution in [3.8, 4) is 0 Å². The van der Waals surface area contributed by atoms with Crippen LogP contribution in [-0.4, -0.2) is 10.5 Å². The minimum Gasteiger partial charge on any atom is -0.397 e. The lowest BCUT2D eigenvalue weighted by Crippen LogP contribution is -2.16. The first-order valence-electron chi connectivity index (χ1n) is 6.28. The summed E-state index contributed by atoms with van der Waals surface area (Å²) in [6.07, 6.45) is 3.91. The molecule has 20 heavy (non-hydrogen) atoms. The second kappa shape index (κ2) is 4.94. The van der Waals surface area contributed by atoms with Gasteiger partial charge in [0, 0.05) is 16.7 Å². The summed E-state index contributed by atoms with van der Waals surface area (Å²) < 4.78 is 15.4. The molecule has 0 aliphatic heterocycles. The number of amides is 1.